The molecule has 3 rings (SSSR count). The van der Waals surface area contributed by atoms with Crippen LogP contribution in [0.4, 0.5) is 0 Å². The maximum absolute atomic E-state index is 12.1. The second-order valence-electron chi connectivity index (χ2n) is 4.88. The van der Waals surface area contributed by atoms with Crippen LogP contribution in [-0.2, 0) is 6.54 Å². The third-order valence-electron chi connectivity index (χ3n) is 3.87. The summed E-state index contributed by atoms with van der Waals surface area (Å²) in [6, 6.07) is 0. The van der Waals surface area contributed by atoms with Crippen molar-refractivity contribution in [2.24, 2.45) is 17.8 Å². The Hall–Kier alpha value is -1.12. The molecule has 0 saturated heterocycles. The van der Waals surface area contributed by atoms with E-state index in [1.165, 1.54) is 6.42 Å². The van der Waals surface area contributed by atoms with Gasteiger partial charge in [-0.25, -0.2) is 4.98 Å². The minimum Gasteiger partial charge on any atom is -0.337 e. The number of hydrogen-bond acceptors (Lipinski definition) is 2. The monoisotopic (exact) mass is 204 g/mol. The van der Waals surface area contributed by atoms with Crippen LogP contribution in [0.25, 0.3) is 0 Å². The molecular weight excluding hydrogens is 188 g/mol. The Labute approximate surface area is 89.5 Å². The molecule has 3 heteroatoms. The minimum atomic E-state index is 0.272. The number of hydrogen-bond donors (Lipinski definition) is 0. The second-order valence-corrected chi connectivity index (χ2v) is 4.88. The molecule has 3 nitrogen and oxygen atoms in total. The molecule has 1 aromatic heterocycles. The van der Waals surface area contributed by atoms with Gasteiger partial charge < -0.3 is 4.57 Å². The number of nitrogens with zero attached hydrogens (tertiary/aromatic N) is 2. The Bertz CT molecular complexity index is 386. The molecular formula is C12H16N2O. The van der Waals surface area contributed by atoms with Gasteiger partial charge in [0, 0.05) is 18.7 Å². The Morgan fingerprint density at radius 2 is 2.20 bits per heavy atom. The molecule has 2 fully saturated rings. The zero-order valence-corrected chi connectivity index (χ0v) is 9.02. The van der Waals surface area contributed by atoms with Crippen molar-refractivity contribution in [3.8, 4) is 0 Å². The highest BCUT2D eigenvalue weighted by atomic mass is 16.1. The van der Waals surface area contributed by atoms with Gasteiger partial charge in [0.15, 0.2) is 5.78 Å². The molecule has 0 amide bonds. The number of imidazole rings is 1. The van der Waals surface area contributed by atoms with Crippen LogP contribution in [0, 0.1) is 17.8 Å². The van der Waals surface area contributed by atoms with E-state index in [-0.39, 0.29) is 11.7 Å². The molecule has 15 heavy (non-hydrogen) atoms. The summed E-state index contributed by atoms with van der Waals surface area (Å²) >= 11 is 0. The normalized spacial score (nSPS) is 32.7. The first kappa shape index (κ1) is 9.13. The second kappa shape index (κ2) is 3.19. The molecule has 80 valence electrons. The van der Waals surface area contributed by atoms with Crippen molar-refractivity contribution in [2.75, 3.05) is 0 Å². The Morgan fingerprint density at radius 3 is 2.80 bits per heavy atom. The van der Waals surface area contributed by atoms with Gasteiger partial charge in [0.1, 0.15) is 5.69 Å². The highest BCUT2D eigenvalue weighted by Gasteiger charge is 2.48. The standard InChI is InChI=1S/C12H16N2O/c1-2-14-6-11(13-7-14)12(15)10-4-8-3-9(8)5-10/h6-10H,2-5H2,1H3. The van der Waals surface area contributed by atoms with Crippen molar-refractivity contribution in [3.63, 3.8) is 0 Å². The summed E-state index contributed by atoms with van der Waals surface area (Å²) in [6.07, 6.45) is 7.23. The molecule has 2 atom stereocenters. The highest BCUT2D eigenvalue weighted by Crippen LogP contribution is 2.54. The largest absolute Gasteiger partial charge is 0.337 e. The SMILES string of the molecule is CCn1cnc(C(=O)C2CC3CC3C2)c1. The van der Waals surface area contributed by atoms with Crippen LogP contribution >= 0.6 is 0 Å². The highest BCUT2D eigenvalue weighted by molar-refractivity contribution is 5.96. The summed E-state index contributed by atoms with van der Waals surface area (Å²) in [5.41, 5.74) is 0.670. The zero-order valence-electron chi connectivity index (χ0n) is 9.02. The lowest BCUT2D eigenvalue weighted by molar-refractivity contribution is 0.0909. The van der Waals surface area contributed by atoms with Crippen molar-refractivity contribution >= 4 is 5.78 Å². The van der Waals surface area contributed by atoms with E-state index in [9.17, 15) is 4.79 Å². The van der Waals surface area contributed by atoms with E-state index in [1.54, 1.807) is 6.33 Å². The first-order valence-corrected chi connectivity index (χ1v) is 5.84. The quantitative estimate of drug-likeness (QED) is 0.707. The molecule has 2 aliphatic rings. The van der Waals surface area contributed by atoms with Crippen LogP contribution in [0.5, 0.6) is 0 Å². The lowest BCUT2D eigenvalue weighted by Gasteiger charge is -2.07. The molecule has 2 aliphatic carbocycles. The molecule has 0 aliphatic heterocycles. The average molecular weight is 204 g/mol. The van der Waals surface area contributed by atoms with Gasteiger partial charge in [-0.3, -0.25) is 4.79 Å². The van der Waals surface area contributed by atoms with E-state index < -0.39 is 0 Å². The third-order valence-corrected chi connectivity index (χ3v) is 3.87. The lowest BCUT2D eigenvalue weighted by Crippen LogP contribution is -2.13. The van der Waals surface area contributed by atoms with Gasteiger partial charge in [-0.05, 0) is 38.0 Å². The molecule has 0 N–H and O–H groups in total. The van der Waals surface area contributed by atoms with Gasteiger partial charge in [0.05, 0.1) is 6.33 Å². The number of aromatic nitrogens is 2. The summed E-state index contributed by atoms with van der Waals surface area (Å²) in [6.45, 7) is 2.94. The number of rotatable bonds is 3. The van der Waals surface area contributed by atoms with E-state index in [2.05, 4.69) is 11.9 Å². The molecule has 0 radical (unpaired) electrons. The van der Waals surface area contributed by atoms with Crippen molar-refractivity contribution in [3.05, 3.63) is 18.2 Å². The fraction of sp³-hybridized carbons (Fsp3) is 0.667. The first-order valence-electron chi connectivity index (χ1n) is 5.84. The molecule has 0 bridgehead atoms. The van der Waals surface area contributed by atoms with E-state index in [0.29, 0.717) is 5.69 Å². The van der Waals surface area contributed by atoms with Crippen molar-refractivity contribution in [1.82, 2.24) is 9.55 Å². The van der Waals surface area contributed by atoms with Gasteiger partial charge in [0.25, 0.3) is 0 Å². The Kier molecular flexibility index (Phi) is 1.94. The lowest BCUT2D eigenvalue weighted by atomic mass is 9.97. The van der Waals surface area contributed by atoms with Crippen LogP contribution in [0.1, 0.15) is 36.7 Å². The van der Waals surface area contributed by atoms with E-state index >= 15 is 0 Å². The predicted octanol–water partition coefficient (Wildman–Crippen LogP) is 2.13. The van der Waals surface area contributed by atoms with Crippen LogP contribution in [-0.4, -0.2) is 15.3 Å². The fourth-order valence-corrected chi connectivity index (χ4v) is 2.80. The number of aryl methyl sites for hydroxylation is 1. The number of Topliss-reactive ketones (excluding diaryl/α,β-unsaturated/α-hetero) is 1. The van der Waals surface area contributed by atoms with Gasteiger partial charge in [-0.15, -0.1) is 0 Å². The average Bonchev–Trinajstić information content (AvgIpc) is 2.73. The van der Waals surface area contributed by atoms with Crippen LogP contribution < -0.4 is 0 Å². The summed E-state index contributed by atoms with van der Waals surface area (Å²) in [5.74, 6) is 2.28. The first-order chi connectivity index (χ1) is 7.28. The topological polar surface area (TPSA) is 34.9 Å². The number of ketones is 1. The Morgan fingerprint density at radius 1 is 1.47 bits per heavy atom. The third kappa shape index (κ3) is 1.50. The van der Waals surface area contributed by atoms with E-state index in [0.717, 1.165) is 31.2 Å². The van der Waals surface area contributed by atoms with Gasteiger partial charge in [0.2, 0.25) is 0 Å². The summed E-state index contributed by atoms with van der Waals surface area (Å²) < 4.78 is 1.96. The van der Waals surface area contributed by atoms with Gasteiger partial charge in [-0.1, -0.05) is 0 Å². The fourth-order valence-electron chi connectivity index (χ4n) is 2.80. The number of carbonyl (C=O) groups is 1. The summed E-state index contributed by atoms with van der Waals surface area (Å²) in [4.78, 5) is 16.3. The summed E-state index contributed by atoms with van der Waals surface area (Å²) in [7, 11) is 0. The predicted molar refractivity (Wildman–Crippen MR) is 56.6 cm³/mol. The van der Waals surface area contributed by atoms with Crippen molar-refractivity contribution in [1.29, 1.82) is 0 Å². The minimum absolute atomic E-state index is 0.272. The number of carbonyl (C=O) groups excluding carboxylic acids is 1. The zero-order chi connectivity index (χ0) is 10.4. The maximum atomic E-state index is 12.1. The van der Waals surface area contributed by atoms with Crippen LogP contribution in [0.3, 0.4) is 0 Å². The summed E-state index contributed by atoms with van der Waals surface area (Å²) in [5, 5.41) is 0. The molecule has 2 saturated carbocycles. The van der Waals surface area contributed by atoms with Crippen LogP contribution in [0.2, 0.25) is 0 Å². The number of fused-ring (bicyclic) bond motifs is 1. The maximum Gasteiger partial charge on any atom is 0.185 e. The van der Waals surface area contributed by atoms with E-state index in [1.807, 2.05) is 10.8 Å². The molecule has 1 aromatic rings. The van der Waals surface area contributed by atoms with E-state index in [4.69, 9.17) is 0 Å². The molecule has 0 aromatic carbocycles. The molecule has 2 unspecified atom stereocenters. The van der Waals surface area contributed by atoms with Crippen molar-refractivity contribution in [2.45, 2.75) is 32.7 Å². The smallest absolute Gasteiger partial charge is 0.185 e. The van der Waals surface area contributed by atoms with Crippen molar-refractivity contribution < 1.29 is 4.79 Å². The van der Waals surface area contributed by atoms with Gasteiger partial charge in [-0.2, -0.15) is 0 Å². The Balaban J connectivity index is 1.73. The molecule has 1 heterocycles. The van der Waals surface area contributed by atoms with Crippen LogP contribution in [0.15, 0.2) is 12.5 Å². The molecule has 0 spiro atoms. The van der Waals surface area contributed by atoms with Gasteiger partial charge >= 0.3 is 0 Å².